The van der Waals surface area contributed by atoms with Crippen LogP contribution >= 0.6 is 28.6 Å². The largest absolute Gasteiger partial charge is 0.504 e. The van der Waals surface area contributed by atoms with Crippen molar-refractivity contribution in [2.45, 2.75) is 12.2 Å². The molecule has 0 aliphatic heterocycles. The second-order valence-corrected chi connectivity index (χ2v) is 4.46. The quantitative estimate of drug-likeness (QED) is 0.636. The number of aliphatic hydroxyl groups excluding tert-OH is 2. The van der Waals surface area contributed by atoms with Crippen LogP contribution in [0.2, 0.25) is 0 Å². The molecule has 0 spiro atoms. The molecule has 0 heterocycles. The number of aromatic hydroxyl groups is 1. The minimum Gasteiger partial charge on any atom is -0.504 e. The van der Waals surface area contributed by atoms with Crippen LogP contribution in [0.25, 0.3) is 0 Å². The normalized spacial score (nSPS) is 14.6. The van der Waals surface area contributed by atoms with E-state index in [1.807, 2.05) is 0 Å². The van der Waals surface area contributed by atoms with Gasteiger partial charge in [0, 0.05) is 15.8 Å². The van der Waals surface area contributed by atoms with Crippen molar-refractivity contribution in [1.82, 2.24) is 0 Å². The van der Waals surface area contributed by atoms with Crippen molar-refractivity contribution < 1.29 is 20.1 Å². The van der Waals surface area contributed by atoms with Crippen molar-refractivity contribution in [3.05, 3.63) is 22.2 Å². The van der Waals surface area contributed by atoms with Gasteiger partial charge in [0.05, 0.1) is 13.2 Å². The second kappa shape index (κ2) is 5.77. The summed E-state index contributed by atoms with van der Waals surface area (Å²) >= 11 is 7.12. The molecule has 0 fully saturated rings. The van der Waals surface area contributed by atoms with Gasteiger partial charge in [-0.1, -0.05) is 15.9 Å². The third-order valence-corrected chi connectivity index (χ3v) is 3.23. The number of halogens is 1. The van der Waals surface area contributed by atoms with Crippen LogP contribution in [-0.2, 0) is 0 Å². The first-order valence-electron chi connectivity index (χ1n) is 4.54. The lowest BCUT2D eigenvalue weighted by Crippen LogP contribution is -2.20. The summed E-state index contributed by atoms with van der Waals surface area (Å²) < 4.78 is 5.46. The van der Waals surface area contributed by atoms with Crippen molar-refractivity contribution in [2.24, 2.45) is 0 Å². The number of benzene rings is 1. The maximum atomic E-state index is 9.78. The maximum Gasteiger partial charge on any atom is 0.161 e. The van der Waals surface area contributed by atoms with Gasteiger partial charge in [-0.05, 0) is 12.1 Å². The lowest BCUT2D eigenvalue weighted by Gasteiger charge is -2.18. The molecule has 0 amide bonds. The average molecular weight is 309 g/mol. The molecular weight excluding hydrogens is 296 g/mol. The summed E-state index contributed by atoms with van der Waals surface area (Å²) in [5.74, 6) is 0.328. The third kappa shape index (κ3) is 2.82. The highest BCUT2D eigenvalue weighted by molar-refractivity contribution is 9.10. The molecule has 0 bridgehead atoms. The molecule has 0 saturated heterocycles. The Balaban J connectivity index is 3.10. The number of thiol groups is 1. The third-order valence-electron chi connectivity index (χ3n) is 2.17. The average Bonchev–Trinajstić information content (AvgIpc) is 2.29. The van der Waals surface area contributed by atoms with Gasteiger partial charge in [-0.2, -0.15) is 12.6 Å². The first-order valence-corrected chi connectivity index (χ1v) is 5.97. The van der Waals surface area contributed by atoms with Gasteiger partial charge in [0.2, 0.25) is 0 Å². The summed E-state index contributed by atoms with van der Waals surface area (Å²) in [4.78, 5) is 0. The summed E-state index contributed by atoms with van der Waals surface area (Å²) in [6.07, 6.45) is -2.10. The molecule has 16 heavy (non-hydrogen) atoms. The van der Waals surface area contributed by atoms with Crippen molar-refractivity contribution in [3.8, 4) is 11.5 Å². The Hall–Kier alpha value is -0.430. The van der Waals surface area contributed by atoms with Gasteiger partial charge in [0.25, 0.3) is 0 Å². The zero-order valence-corrected chi connectivity index (χ0v) is 11.1. The van der Waals surface area contributed by atoms with E-state index in [0.29, 0.717) is 15.8 Å². The molecule has 1 rings (SSSR count). The minimum atomic E-state index is -1.11. The van der Waals surface area contributed by atoms with Crippen molar-refractivity contribution in [1.29, 1.82) is 0 Å². The smallest absolute Gasteiger partial charge is 0.161 e. The van der Waals surface area contributed by atoms with Crippen LogP contribution < -0.4 is 4.74 Å². The number of phenols is 1. The van der Waals surface area contributed by atoms with Gasteiger partial charge in [0.1, 0.15) is 6.10 Å². The number of ether oxygens (including phenoxy) is 1. The summed E-state index contributed by atoms with van der Waals surface area (Å²) in [6, 6.07) is 2.87. The fourth-order valence-corrected chi connectivity index (χ4v) is 2.01. The number of rotatable bonds is 4. The maximum absolute atomic E-state index is 9.78. The van der Waals surface area contributed by atoms with E-state index in [2.05, 4.69) is 28.6 Å². The molecule has 0 aliphatic carbocycles. The van der Waals surface area contributed by atoms with Gasteiger partial charge in [-0.25, -0.2) is 0 Å². The van der Waals surface area contributed by atoms with Crippen LogP contribution in [0, 0.1) is 0 Å². The van der Waals surface area contributed by atoms with Gasteiger partial charge >= 0.3 is 0 Å². The summed E-state index contributed by atoms with van der Waals surface area (Å²) in [5.41, 5.74) is 0.389. The molecule has 6 heteroatoms. The zero-order chi connectivity index (χ0) is 12.3. The standard InChI is InChI=1S/C10H13BrO4S/c1-15-9-3-6(11)5(2-7(9)12)10(14)8(13)4-16/h2-3,8,10,12-14,16H,4H2,1H3. The molecule has 90 valence electrons. The highest BCUT2D eigenvalue weighted by atomic mass is 79.9. The van der Waals surface area contributed by atoms with Crippen molar-refractivity contribution in [2.75, 3.05) is 12.9 Å². The highest BCUT2D eigenvalue weighted by Gasteiger charge is 2.21. The number of hydrogen-bond acceptors (Lipinski definition) is 5. The number of phenolic OH excluding ortho intramolecular Hbond substituents is 1. The number of methoxy groups -OCH3 is 1. The molecule has 0 saturated carbocycles. The van der Waals surface area contributed by atoms with Gasteiger partial charge in [-0.3, -0.25) is 0 Å². The molecule has 3 N–H and O–H groups in total. The van der Waals surface area contributed by atoms with E-state index < -0.39 is 12.2 Å². The van der Waals surface area contributed by atoms with Gasteiger partial charge in [-0.15, -0.1) is 0 Å². The molecule has 0 aromatic heterocycles. The van der Waals surface area contributed by atoms with Gasteiger partial charge in [0.15, 0.2) is 11.5 Å². The highest BCUT2D eigenvalue weighted by Crippen LogP contribution is 2.36. The Bertz CT molecular complexity index is 372. The molecule has 0 radical (unpaired) electrons. The number of hydrogen-bond donors (Lipinski definition) is 4. The Labute approximate surface area is 107 Å². The van der Waals surface area contributed by atoms with Crippen LogP contribution in [0.4, 0.5) is 0 Å². The first-order chi connectivity index (χ1) is 7.51. The van der Waals surface area contributed by atoms with E-state index in [-0.39, 0.29) is 11.5 Å². The van der Waals surface area contributed by atoms with E-state index in [0.717, 1.165) is 0 Å². The van der Waals surface area contributed by atoms with E-state index in [4.69, 9.17) is 4.74 Å². The predicted octanol–water partition coefficient (Wildman–Crippen LogP) is 1.49. The Morgan fingerprint density at radius 3 is 2.56 bits per heavy atom. The van der Waals surface area contributed by atoms with Crippen molar-refractivity contribution >= 4 is 28.6 Å². The van der Waals surface area contributed by atoms with Gasteiger partial charge < -0.3 is 20.1 Å². The Morgan fingerprint density at radius 1 is 1.44 bits per heavy atom. The molecular formula is C10H13BrO4S. The lowest BCUT2D eigenvalue weighted by molar-refractivity contribution is 0.0331. The van der Waals surface area contributed by atoms with Crippen LogP contribution in [0.3, 0.4) is 0 Å². The van der Waals surface area contributed by atoms with E-state index >= 15 is 0 Å². The summed E-state index contributed by atoms with van der Waals surface area (Å²) in [5, 5.41) is 28.8. The Morgan fingerprint density at radius 2 is 2.06 bits per heavy atom. The summed E-state index contributed by atoms with van der Waals surface area (Å²) in [6.45, 7) is 0. The summed E-state index contributed by atoms with van der Waals surface area (Å²) in [7, 11) is 1.43. The predicted molar refractivity (Wildman–Crippen MR) is 67.2 cm³/mol. The van der Waals surface area contributed by atoms with E-state index in [1.165, 1.54) is 19.2 Å². The fraction of sp³-hybridized carbons (Fsp3) is 0.400. The van der Waals surface area contributed by atoms with Crippen molar-refractivity contribution in [3.63, 3.8) is 0 Å². The van der Waals surface area contributed by atoms with Crippen LogP contribution in [0.5, 0.6) is 11.5 Å². The molecule has 1 aromatic rings. The molecule has 1 aromatic carbocycles. The molecule has 2 atom stereocenters. The lowest BCUT2D eigenvalue weighted by atomic mass is 10.0. The van der Waals surface area contributed by atoms with Crippen LogP contribution in [-0.4, -0.2) is 34.3 Å². The SMILES string of the molecule is COc1cc(Br)c(C(O)C(O)CS)cc1O. The Kier molecular flexibility index (Phi) is 4.91. The molecule has 4 nitrogen and oxygen atoms in total. The fourth-order valence-electron chi connectivity index (χ4n) is 1.26. The minimum absolute atomic E-state index is 0.0916. The molecule has 0 aliphatic rings. The first kappa shape index (κ1) is 13.6. The van der Waals surface area contributed by atoms with Crippen LogP contribution in [0.1, 0.15) is 11.7 Å². The second-order valence-electron chi connectivity index (χ2n) is 3.24. The van der Waals surface area contributed by atoms with E-state index in [1.54, 1.807) is 0 Å². The number of aliphatic hydroxyl groups is 2. The monoisotopic (exact) mass is 308 g/mol. The molecule has 2 unspecified atom stereocenters. The van der Waals surface area contributed by atoms with Crippen LogP contribution in [0.15, 0.2) is 16.6 Å². The van der Waals surface area contributed by atoms with E-state index in [9.17, 15) is 15.3 Å². The zero-order valence-electron chi connectivity index (χ0n) is 8.59. The topological polar surface area (TPSA) is 69.9 Å².